The van der Waals surface area contributed by atoms with E-state index in [1.54, 1.807) is 9.80 Å². The van der Waals surface area contributed by atoms with Crippen molar-refractivity contribution in [2.45, 2.75) is 25.7 Å². The largest absolute Gasteiger partial charge is 0.331 e. The molecule has 0 N–H and O–H groups in total. The molecule has 1 aromatic heterocycles. The van der Waals surface area contributed by atoms with Gasteiger partial charge in [0.25, 0.3) is 5.91 Å². The van der Waals surface area contributed by atoms with Gasteiger partial charge in [0.2, 0.25) is 5.91 Å². The maximum atomic E-state index is 13.5. The number of carbonyl (C=O) groups excluding carboxylic acids is 2. The number of benzene rings is 2. The second-order valence-electron chi connectivity index (χ2n) is 7.49. The van der Waals surface area contributed by atoms with Gasteiger partial charge in [-0.2, -0.15) is 0 Å². The highest BCUT2D eigenvalue weighted by Crippen LogP contribution is 2.36. The monoisotopic (exact) mass is 399 g/mol. The normalized spacial score (nSPS) is 17.4. The van der Waals surface area contributed by atoms with Crippen LogP contribution < -0.4 is 0 Å². The Labute approximate surface area is 174 Å². The number of nitrogens with zero attached hydrogens (tertiary/aromatic N) is 5. The Hall–Kier alpha value is -3.74. The van der Waals surface area contributed by atoms with Gasteiger partial charge in [0.15, 0.2) is 11.6 Å². The number of hydrogen-bond acceptors (Lipinski definition) is 4. The van der Waals surface area contributed by atoms with E-state index in [4.69, 9.17) is 0 Å². The summed E-state index contributed by atoms with van der Waals surface area (Å²) in [4.78, 5) is 29.3. The molecule has 3 aromatic rings. The van der Waals surface area contributed by atoms with Gasteiger partial charge in [0, 0.05) is 25.2 Å². The third-order valence-corrected chi connectivity index (χ3v) is 5.79. The fraction of sp³-hybridized carbons (Fsp3) is 0.217. The van der Waals surface area contributed by atoms with Crippen molar-refractivity contribution in [3.63, 3.8) is 0 Å². The summed E-state index contributed by atoms with van der Waals surface area (Å²) in [5.41, 5.74) is 2.89. The van der Waals surface area contributed by atoms with E-state index in [9.17, 15) is 9.59 Å². The number of hydrogen-bond donors (Lipinski definition) is 0. The molecule has 0 aliphatic carbocycles. The zero-order valence-corrected chi connectivity index (χ0v) is 16.4. The highest BCUT2D eigenvalue weighted by molar-refractivity contribution is 5.94. The molecule has 0 radical (unpaired) electrons. The molecule has 30 heavy (non-hydrogen) atoms. The third-order valence-electron chi connectivity index (χ3n) is 5.79. The highest BCUT2D eigenvalue weighted by Gasteiger charge is 2.40. The number of amides is 2. The van der Waals surface area contributed by atoms with Gasteiger partial charge < -0.3 is 14.4 Å². The summed E-state index contributed by atoms with van der Waals surface area (Å²) in [6.45, 7) is 5.54. The van der Waals surface area contributed by atoms with Gasteiger partial charge >= 0.3 is 0 Å². The van der Waals surface area contributed by atoms with E-state index >= 15 is 0 Å². The average molecular weight is 399 g/mol. The van der Waals surface area contributed by atoms with Crippen LogP contribution in [0.15, 0.2) is 67.3 Å². The minimum atomic E-state index is -0.630. The second kappa shape index (κ2) is 7.26. The number of rotatable bonds is 3. The van der Waals surface area contributed by atoms with Gasteiger partial charge in [0.05, 0.1) is 6.54 Å². The lowest BCUT2D eigenvalue weighted by Crippen LogP contribution is -2.45. The lowest BCUT2D eigenvalue weighted by molar-refractivity contribution is -0.144. The van der Waals surface area contributed by atoms with Crippen LogP contribution in [-0.4, -0.2) is 42.9 Å². The molecule has 0 spiro atoms. The Bertz CT molecular complexity index is 1140. The summed E-state index contributed by atoms with van der Waals surface area (Å²) >= 11 is 0. The summed E-state index contributed by atoms with van der Waals surface area (Å²) in [6.07, 6.45) is 1.27. The molecule has 1 atom stereocenters. The zero-order chi connectivity index (χ0) is 20.7. The topological polar surface area (TPSA) is 71.3 Å². The first-order valence-electron chi connectivity index (χ1n) is 9.94. The van der Waals surface area contributed by atoms with E-state index in [2.05, 4.69) is 21.3 Å². The second-order valence-corrected chi connectivity index (χ2v) is 7.49. The Morgan fingerprint density at radius 1 is 0.967 bits per heavy atom. The lowest BCUT2D eigenvalue weighted by atomic mass is 10.0. The minimum absolute atomic E-state index is 0.0920. The van der Waals surface area contributed by atoms with Crippen molar-refractivity contribution in [1.29, 1.82) is 0 Å². The van der Waals surface area contributed by atoms with Crippen LogP contribution in [0, 0.1) is 0 Å². The molecule has 0 saturated heterocycles. The molecular weight excluding hydrogens is 378 g/mol. The minimum Gasteiger partial charge on any atom is -0.331 e. The van der Waals surface area contributed by atoms with Crippen molar-refractivity contribution < 1.29 is 9.59 Å². The van der Waals surface area contributed by atoms with Gasteiger partial charge in [0.1, 0.15) is 6.04 Å². The first-order chi connectivity index (χ1) is 14.7. The highest BCUT2D eigenvalue weighted by atomic mass is 16.2. The first-order valence-corrected chi connectivity index (χ1v) is 9.94. The summed E-state index contributed by atoms with van der Waals surface area (Å²) in [5, 5.41) is 8.68. The SMILES string of the molecule is C=CC(=O)N1Cc2ccccc2C1C(=O)N1CCn2c(nnc2-c2ccccc2)C1. The first kappa shape index (κ1) is 18.3. The molecule has 2 aliphatic heterocycles. The number of fused-ring (bicyclic) bond motifs is 2. The van der Waals surface area contributed by atoms with Crippen LogP contribution in [0.1, 0.15) is 23.0 Å². The Balaban J connectivity index is 1.43. The maximum absolute atomic E-state index is 13.5. The van der Waals surface area contributed by atoms with E-state index in [0.29, 0.717) is 26.2 Å². The van der Waals surface area contributed by atoms with E-state index < -0.39 is 6.04 Å². The van der Waals surface area contributed by atoms with Crippen LogP contribution in [0.5, 0.6) is 0 Å². The summed E-state index contributed by atoms with van der Waals surface area (Å²) in [5.74, 6) is 1.23. The van der Waals surface area contributed by atoms with Crippen LogP contribution in [0.2, 0.25) is 0 Å². The van der Waals surface area contributed by atoms with Crippen molar-refractivity contribution in [2.75, 3.05) is 6.54 Å². The van der Waals surface area contributed by atoms with Gasteiger partial charge in [-0.3, -0.25) is 9.59 Å². The molecule has 7 nitrogen and oxygen atoms in total. The third kappa shape index (κ3) is 2.90. The summed E-state index contributed by atoms with van der Waals surface area (Å²) < 4.78 is 2.06. The van der Waals surface area contributed by atoms with Crippen molar-refractivity contribution in [1.82, 2.24) is 24.6 Å². The Kier molecular flexibility index (Phi) is 4.43. The van der Waals surface area contributed by atoms with E-state index in [0.717, 1.165) is 28.3 Å². The summed E-state index contributed by atoms with van der Waals surface area (Å²) in [6, 6.07) is 17.0. The van der Waals surface area contributed by atoms with Gasteiger partial charge in [-0.25, -0.2) is 0 Å². The molecule has 2 amide bonds. The molecule has 0 fully saturated rings. The molecule has 0 bridgehead atoms. The van der Waals surface area contributed by atoms with Gasteiger partial charge in [-0.1, -0.05) is 61.2 Å². The molecule has 3 heterocycles. The molecule has 7 heteroatoms. The standard InChI is InChI=1S/C23H21N5O2/c1-2-20(29)28-14-17-10-6-7-11-18(17)21(28)23(30)26-12-13-27-19(15-26)24-25-22(27)16-8-4-3-5-9-16/h2-11,21H,1,12-15H2. The zero-order valence-electron chi connectivity index (χ0n) is 16.4. The molecule has 0 saturated carbocycles. The Morgan fingerprint density at radius 3 is 2.53 bits per heavy atom. The smallest absolute Gasteiger partial charge is 0.250 e. The predicted molar refractivity (Wildman–Crippen MR) is 111 cm³/mol. The average Bonchev–Trinajstić information content (AvgIpc) is 3.40. The number of aromatic nitrogens is 3. The van der Waals surface area contributed by atoms with Crippen LogP contribution in [0.25, 0.3) is 11.4 Å². The fourth-order valence-corrected chi connectivity index (χ4v) is 4.30. The fourth-order valence-electron chi connectivity index (χ4n) is 4.30. The van der Waals surface area contributed by atoms with Crippen LogP contribution in [0.3, 0.4) is 0 Å². The van der Waals surface area contributed by atoms with E-state index in [1.807, 2.05) is 54.6 Å². The van der Waals surface area contributed by atoms with Crippen LogP contribution in [-0.2, 0) is 29.2 Å². The van der Waals surface area contributed by atoms with Gasteiger partial charge in [-0.05, 0) is 17.2 Å². The van der Waals surface area contributed by atoms with Crippen molar-refractivity contribution in [3.05, 3.63) is 84.2 Å². The molecule has 2 aromatic carbocycles. The van der Waals surface area contributed by atoms with Crippen molar-refractivity contribution in [2.24, 2.45) is 0 Å². The molecule has 2 aliphatic rings. The van der Waals surface area contributed by atoms with Crippen LogP contribution >= 0.6 is 0 Å². The lowest BCUT2D eigenvalue weighted by Gasteiger charge is -2.33. The molecule has 1 unspecified atom stereocenters. The molecular formula is C23H21N5O2. The van der Waals surface area contributed by atoms with E-state index in [-0.39, 0.29) is 11.8 Å². The van der Waals surface area contributed by atoms with Crippen molar-refractivity contribution >= 4 is 11.8 Å². The quantitative estimate of drug-likeness (QED) is 0.635. The molecule has 5 rings (SSSR count). The predicted octanol–water partition coefficient (Wildman–Crippen LogP) is 2.56. The van der Waals surface area contributed by atoms with E-state index in [1.165, 1.54) is 6.08 Å². The maximum Gasteiger partial charge on any atom is 0.250 e. The Morgan fingerprint density at radius 2 is 1.73 bits per heavy atom. The number of carbonyl (C=O) groups is 2. The van der Waals surface area contributed by atoms with Crippen LogP contribution in [0.4, 0.5) is 0 Å². The van der Waals surface area contributed by atoms with Gasteiger partial charge in [-0.15, -0.1) is 10.2 Å². The molecule has 150 valence electrons. The summed E-state index contributed by atoms with van der Waals surface area (Å²) in [7, 11) is 0. The van der Waals surface area contributed by atoms with Crippen molar-refractivity contribution in [3.8, 4) is 11.4 Å².